The molecule has 0 aliphatic heterocycles. The third-order valence-electron chi connectivity index (χ3n) is 4.89. The molecule has 0 bridgehead atoms. The minimum Gasteiger partial charge on any atom is -0.350 e. The monoisotopic (exact) mass is 410 g/mol. The standard InChI is InChI=1S/C25H22N4O2/c30-23(28-17-21-12-4-5-14-26-21)16-24(31)29(18-19-8-2-1-3-9-19)22-13-6-10-20-11-7-15-27-25(20)22/h1-15H,16-18H2,(H,28,30). The van der Waals surface area contributed by atoms with Crippen LogP contribution in [0.15, 0.2) is 91.3 Å². The lowest BCUT2D eigenvalue weighted by Gasteiger charge is -2.24. The van der Waals surface area contributed by atoms with E-state index in [0.29, 0.717) is 12.2 Å². The molecule has 6 nitrogen and oxygen atoms in total. The van der Waals surface area contributed by atoms with E-state index in [2.05, 4.69) is 15.3 Å². The fourth-order valence-electron chi connectivity index (χ4n) is 3.37. The number of fused-ring (bicyclic) bond motifs is 1. The van der Waals surface area contributed by atoms with E-state index in [1.165, 1.54) is 0 Å². The highest BCUT2D eigenvalue weighted by Crippen LogP contribution is 2.27. The zero-order chi connectivity index (χ0) is 21.5. The van der Waals surface area contributed by atoms with E-state index in [4.69, 9.17) is 0 Å². The first-order valence-electron chi connectivity index (χ1n) is 10.1. The lowest BCUT2D eigenvalue weighted by Crippen LogP contribution is -2.35. The predicted molar refractivity (Wildman–Crippen MR) is 120 cm³/mol. The van der Waals surface area contributed by atoms with E-state index < -0.39 is 0 Å². The number of hydrogen-bond donors (Lipinski definition) is 1. The van der Waals surface area contributed by atoms with Crippen molar-refractivity contribution < 1.29 is 9.59 Å². The summed E-state index contributed by atoms with van der Waals surface area (Å²) in [6.45, 7) is 0.629. The second-order valence-electron chi connectivity index (χ2n) is 7.09. The van der Waals surface area contributed by atoms with Gasteiger partial charge in [-0.3, -0.25) is 19.6 Å². The maximum Gasteiger partial charge on any atom is 0.236 e. The van der Waals surface area contributed by atoms with Gasteiger partial charge < -0.3 is 10.2 Å². The van der Waals surface area contributed by atoms with Crippen LogP contribution in [0.4, 0.5) is 5.69 Å². The number of anilines is 1. The fourth-order valence-corrected chi connectivity index (χ4v) is 3.37. The highest BCUT2D eigenvalue weighted by Gasteiger charge is 2.21. The summed E-state index contributed by atoms with van der Waals surface area (Å²) in [5.74, 6) is -0.637. The topological polar surface area (TPSA) is 75.2 Å². The Hall–Kier alpha value is -4.06. The maximum atomic E-state index is 13.2. The van der Waals surface area contributed by atoms with E-state index in [0.717, 1.165) is 22.2 Å². The van der Waals surface area contributed by atoms with Gasteiger partial charge in [-0.1, -0.05) is 54.6 Å². The van der Waals surface area contributed by atoms with Crippen LogP contribution in [0.1, 0.15) is 17.7 Å². The average Bonchev–Trinajstić information content (AvgIpc) is 2.82. The molecule has 0 radical (unpaired) electrons. The molecule has 4 rings (SSSR count). The summed E-state index contributed by atoms with van der Waals surface area (Å²) in [6, 6.07) is 24.7. The Labute approximate surface area is 180 Å². The molecule has 0 aliphatic rings. The molecule has 0 atom stereocenters. The lowest BCUT2D eigenvalue weighted by molar-refractivity contribution is -0.128. The number of benzene rings is 2. The number of rotatable bonds is 7. The number of nitrogens with one attached hydrogen (secondary N) is 1. The summed E-state index contributed by atoms with van der Waals surface area (Å²) in [7, 11) is 0. The Morgan fingerprint density at radius 3 is 2.39 bits per heavy atom. The number of carbonyl (C=O) groups excluding carboxylic acids is 2. The molecule has 2 aromatic heterocycles. The van der Waals surface area contributed by atoms with Gasteiger partial charge in [-0.15, -0.1) is 0 Å². The van der Waals surface area contributed by atoms with Gasteiger partial charge in [-0.05, 0) is 29.8 Å². The summed E-state index contributed by atoms with van der Waals surface area (Å²) >= 11 is 0. The van der Waals surface area contributed by atoms with Crippen molar-refractivity contribution in [2.45, 2.75) is 19.5 Å². The van der Waals surface area contributed by atoms with Crippen molar-refractivity contribution in [2.75, 3.05) is 4.90 Å². The minimum atomic E-state index is -0.345. The third kappa shape index (κ3) is 5.11. The Kier molecular flexibility index (Phi) is 6.28. The Morgan fingerprint density at radius 2 is 1.58 bits per heavy atom. The smallest absolute Gasteiger partial charge is 0.236 e. The number of carbonyl (C=O) groups is 2. The van der Waals surface area contributed by atoms with Gasteiger partial charge in [-0.25, -0.2) is 0 Å². The first-order chi connectivity index (χ1) is 15.2. The van der Waals surface area contributed by atoms with E-state index in [-0.39, 0.29) is 24.8 Å². The number of pyridine rings is 2. The molecule has 0 saturated carbocycles. The molecular weight excluding hydrogens is 388 g/mol. The third-order valence-corrected chi connectivity index (χ3v) is 4.89. The van der Waals surface area contributed by atoms with Crippen LogP contribution in [0, 0.1) is 0 Å². The molecule has 0 aliphatic carbocycles. The maximum absolute atomic E-state index is 13.2. The molecule has 6 heteroatoms. The van der Waals surface area contributed by atoms with Gasteiger partial charge in [-0.2, -0.15) is 0 Å². The quantitative estimate of drug-likeness (QED) is 0.469. The Bertz CT molecular complexity index is 1170. The van der Waals surface area contributed by atoms with Crippen molar-refractivity contribution in [1.82, 2.24) is 15.3 Å². The van der Waals surface area contributed by atoms with Gasteiger partial charge >= 0.3 is 0 Å². The molecule has 0 spiro atoms. The van der Waals surface area contributed by atoms with Crippen LogP contribution in [-0.4, -0.2) is 21.8 Å². The van der Waals surface area contributed by atoms with Gasteiger partial charge in [0.15, 0.2) is 0 Å². The SMILES string of the molecule is O=C(CC(=O)N(Cc1ccccc1)c1cccc2cccnc12)NCc1ccccn1. The Balaban J connectivity index is 1.56. The summed E-state index contributed by atoms with van der Waals surface area (Å²) in [6.07, 6.45) is 3.11. The molecule has 4 aromatic rings. The molecule has 0 unspecified atom stereocenters. The zero-order valence-corrected chi connectivity index (χ0v) is 16.9. The van der Waals surface area contributed by atoms with Crippen molar-refractivity contribution in [3.05, 3.63) is 103 Å². The largest absolute Gasteiger partial charge is 0.350 e. The van der Waals surface area contributed by atoms with Gasteiger partial charge in [0.1, 0.15) is 6.42 Å². The van der Waals surface area contributed by atoms with Gasteiger partial charge in [0, 0.05) is 17.8 Å². The van der Waals surface area contributed by atoms with Crippen molar-refractivity contribution in [1.29, 1.82) is 0 Å². The molecule has 0 fully saturated rings. The predicted octanol–water partition coefficient (Wildman–Crippen LogP) is 3.87. The molecule has 154 valence electrons. The van der Waals surface area contributed by atoms with E-state index >= 15 is 0 Å². The zero-order valence-electron chi connectivity index (χ0n) is 16.9. The van der Waals surface area contributed by atoms with Gasteiger partial charge in [0.05, 0.1) is 30.0 Å². The van der Waals surface area contributed by atoms with Crippen LogP contribution in [0.3, 0.4) is 0 Å². The van der Waals surface area contributed by atoms with Crippen LogP contribution >= 0.6 is 0 Å². The normalized spacial score (nSPS) is 10.6. The number of para-hydroxylation sites is 1. The van der Waals surface area contributed by atoms with E-state index in [1.807, 2.05) is 78.9 Å². The number of aromatic nitrogens is 2. The molecule has 1 N–H and O–H groups in total. The molecule has 2 amide bonds. The summed E-state index contributed by atoms with van der Waals surface area (Å²) < 4.78 is 0. The number of amides is 2. The number of hydrogen-bond acceptors (Lipinski definition) is 4. The van der Waals surface area contributed by atoms with Crippen LogP contribution in [0.2, 0.25) is 0 Å². The summed E-state index contributed by atoms with van der Waals surface area (Å²) in [5.41, 5.74) is 3.12. The van der Waals surface area contributed by atoms with Crippen molar-refractivity contribution >= 4 is 28.4 Å². The summed E-state index contributed by atoms with van der Waals surface area (Å²) in [4.78, 5) is 36.0. The summed E-state index contributed by atoms with van der Waals surface area (Å²) in [5, 5.41) is 3.71. The number of nitrogens with zero attached hydrogens (tertiary/aromatic N) is 3. The van der Waals surface area contributed by atoms with Crippen LogP contribution < -0.4 is 10.2 Å². The van der Waals surface area contributed by atoms with Crippen LogP contribution in [0.5, 0.6) is 0 Å². The van der Waals surface area contributed by atoms with Crippen LogP contribution in [-0.2, 0) is 22.7 Å². The van der Waals surface area contributed by atoms with Gasteiger partial charge in [0.25, 0.3) is 0 Å². The van der Waals surface area contributed by atoms with E-state index in [1.54, 1.807) is 17.3 Å². The second kappa shape index (κ2) is 9.63. The minimum absolute atomic E-state index is 0.261. The first-order valence-corrected chi connectivity index (χ1v) is 10.1. The van der Waals surface area contributed by atoms with Crippen molar-refractivity contribution in [3.63, 3.8) is 0 Å². The lowest BCUT2D eigenvalue weighted by atomic mass is 10.1. The van der Waals surface area contributed by atoms with Crippen LogP contribution in [0.25, 0.3) is 10.9 Å². The second-order valence-corrected chi connectivity index (χ2v) is 7.09. The fraction of sp³-hybridized carbons (Fsp3) is 0.120. The highest BCUT2D eigenvalue weighted by atomic mass is 16.2. The highest BCUT2D eigenvalue weighted by molar-refractivity contribution is 6.08. The van der Waals surface area contributed by atoms with Crippen molar-refractivity contribution in [2.24, 2.45) is 0 Å². The molecule has 0 saturated heterocycles. The molecule has 2 heterocycles. The Morgan fingerprint density at radius 1 is 0.806 bits per heavy atom. The van der Waals surface area contributed by atoms with Gasteiger partial charge in [0.2, 0.25) is 11.8 Å². The average molecular weight is 410 g/mol. The van der Waals surface area contributed by atoms with E-state index in [9.17, 15) is 9.59 Å². The molecule has 2 aromatic carbocycles. The first kappa shape index (κ1) is 20.2. The molecular formula is C25H22N4O2. The van der Waals surface area contributed by atoms with Crippen molar-refractivity contribution in [3.8, 4) is 0 Å². The molecule has 31 heavy (non-hydrogen) atoms.